The molecule has 0 atom stereocenters. The highest BCUT2D eigenvalue weighted by molar-refractivity contribution is 8.18. The predicted octanol–water partition coefficient (Wildman–Crippen LogP) is 7.45. The van der Waals surface area contributed by atoms with Crippen molar-refractivity contribution in [2.45, 2.75) is 26.3 Å². The molecule has 180 valence electrons. The van der Waals surface area contributed by atoms with Gasteiger partial charge in [-0.05, 0) is 60.1 Å². The van der Waals surface area contributed by atoms with E-state index in [1.165, 1.54) is 0 Å². The summed E-state index contributed by atoms with van der Waals surface area (Å²) in [5.41, 5.74) is 1.93. The molecule has 35 heavy (non-hydrogen) atoms. The number of ether oxygens (including phenoxy) is 1. The molecule has 1 aliphatic rings. The number of unbranched alkanes of at least 4 members (excludes halogenated alkanes) is 1. The van der Waals surface area contributed by atoms with Crippen molar-refractivity contribution in [1.29, 1.82) is 0 Å². The quantitative estimate of drug-likeness (QED) is 0.171. The number of esters is 1. The van der Waals surface area contributed by atoms with E-state index < -0.39 is 5.91 Å². The fourth-order valence-electron chi connectivity index (χ4n) is 3.33. The number of amides is 2. The van der Waals surface area contributed by atoms with Crippen LogP contribution in [0, 0.1) is 0 Å². The van der Waals surface area contributed by atoms with E-state index in [9.17, 15) is 14.4 Å². The van der Waals surface area contributed by atoms with Gasteiger partial charge in [0.2, 0.25) is 0 Å². The van der Waals surface area contributed by atoms with E-state index in [0.717, 1.165) is 35.1 Å². The lowest BCUT2D eigenvalue weighted by Crippen LogP contribution is -2.27. The molecule has 1 aromatic heterocycles. The largest absolute Gasteiger partial charge is 0.462 e. The summed E-state index contributed by atoms with van der Waals surface area (Å²) in [5, 5.41) is 0.386. The number of carbonyl (C=O) groups excluding carboxylic acids is 3. The van der Waals surface area contributed by atoms with Gasteiger partial charge >= 0.3 is 5.97 Å². The second-order valence-corrected chi connectivity index (χ2v) is 9.59. The zero-order valence-electron chi connectivity index (χ0n) is 18.8. The Labute approximate surface area is 216 Å². The maximum absolute atomic E-state index is 12.8. The maximum Gasteiger partial charge on any atom is 0.338 e. The fraction of sp³-hybridized carbons (Fsp3) is 0.192. The molecule has 0 N–H and O–H groups in total. The van der Waals surface area contributed by atoms with Crippen molar-refractivity contribution in [3.8, 4) is 11.3 Å². The number of benzene rings is 2. The first-order chi connectivity index (χ1) is 16.9. The zero-order valence-corrected chi connectivity index (χ0v) is 21.1. The topological polar surface area (TPSA) is 76.8 Å². The monoisotopic (exact) mass is 529 g/mol. The first-order valence-corrected chi connectivity index (χ1v) is 12.5. The number of furan rings is 1. The number of nitrogens with zero attached hydrogens (tertiary/aromatic N) is 1. The molecule has 0 spiro atoms. The molecule has 3 aromatic rings. The molecule has 9 heteroatoms. The third-order valence-corrected chi connectivity index (χ3v) is 6.88. The lowest BCUT2D eigenvalue weighted by atomic mass is 10.1. The van der Waals surface area contributed by atoms with Crippen LogP contribution in [0.3, 0.4) is 0 Å². The highest BCUT2D eigenvalue weighted by Gasteiger charge is 2.35. The lowest BCUT2D eigenvalue weighted by Gasteiger charge is -2.12. The summed E-state index contributed by atoms with van der Waals surface area (Å²) >= 11 is 12.8. The second-order valence-electron chi connectivity index (χ2n) is 7.79. The van der Waals surface area contributed by atoms with E-state index in [2.05, 4.69) is 0 Å². The van der Waals surface area contributed by atoms with Crippen molar-refractivity contribution in [2.24, 2.45) is 0 Å². The summed E-state index contributed by atoms with van der Waals surface area (Å²) in [7, 11) is 0. The van der Waals surface area contributed by atoms with Crippen molar-refractivity contribution < 1.29 is 23.5 Å². The van der Waals surface area contributed by atoms with Gasteiger partial charge < -0.3 is 9.15 Å². The van der Waals surface area contributed by atoms with E-state index in [1.54, 1.807) is 60.7 Å². The van der Waals surface area contributed by atoms with E-state index in [0.29, 0.717) is 39.3 Å². The first-order valence-electron chi connectivity index (χ1n) is 10.9. The summed E-state index contributed by atoms with van der Waals surface area (Å²) in [6.45, 7) is 2.52. The Morgan fingerprint density at radius 1 is 1.06 bits per heavy atom. The zero-order chi connectivity index (χ0) is 24.9. The minimum absolute atomic E-state index is 0.0928. The molecule has 2 amide bonds. The Bertz CT molecular complexity index is 1300. The molecule has 0 aliphatic carbocycles. The third-order valence-electron chi connectivity index (χ3n) is 5.23. The number of halogens is 2. The van der Waals surface area contributed by atoms with Crippen LogP contribution in [0.15, 0.2) is 63.9 Å². The Morgan fingerprint density at radius 3 is 2.54 bits per heavy atom. The van der Waals surface area contributed by atoms with E-state index >= 15 is 0 Å². The molecule has 1 saturated heterocycles. The van der Waals surface area contributed by atoms with Crippen LogP contribution in [0.4, 0.5) is 4.79 Å². The number of rotatable bonds is 8. The summed E-state index contributed by atoms with van der Waals surface area (Å²) in [6, 6.07) is 15.4. The van der Waals surface area contributed by atoms with Gasteiger partial charge in [0.15, 0.2) is 0 Å². The average molecular weight is 530 g/mol. The van der Waals surface area contributed by atoms with Crippen molar-refractivity contribution in [3.05, 3.63) is 86.4 Å². The minimum atomic E-state index is -0.407. The molecule has 1 aliphatic heterocycles. The first kappa shape index (κ1) is 25.1. The molecule has 2 aromatic carbocycles. The molecule has 0 unspecified atom stereocenters. The SMILES string of the molecule is CCCCOC(=O)c1ccc(-c2ccc(/C=C3/SC(=O)N(Cc4ccc(Cl)c(Cl)c4)C3=O)o2)cc1. The van der Waals surface area contributed by atoms with Gasteiger partial charge in [0.25, 0.3) is 11.1 Å². The molecule has 2 heterocycles. The molecule has 0 radical (unpaired) electrons. The van der Waals surface area contributed by atoms with Crippen LogP contribution in [-0.4, -0.2) is 28.6 Å². The lowest BCUT2D eigenvalue weighted by molar-refractivity contribution is -0.123. The fourth-order valence-corrected chi connectivity index (χ4v) is 4.47. The van der Waals surface area contributed by atoms with Crippen molar-refractivity contribution >= 4 is 58.2 Å². The van der Waals surface area contributed by atoms with Crippen molar-refractivity contribution in [1.82, 2.24) is 4.90 Å². The van der Waals surface area contributed by atoms with Crippen LogP contribution in [0.2, 0.25) is 10.0 Å². The van der Waals surface area contributed by atoms with E-state index in [1.807, 2.05) is 6.92 Å². The van der Waals surface area contributed by atoms with Crippen LogP contribution in [0.5, 0.6) is 0 Å². The number of thioether (sulfide) groups is 1. The predicted molar refractivity (Wildman–Crippen MR) is 137 cm³/mol. The second kappa shape index (κ2) is 11.2. The Balaban J connectivity index is 1.44. The molecule has 1 fully saturated rings. The Morgan fingerprint density at radius 2 is 1.83 bits per heavy atom. The number of carbonyl (C=O) groups is 3. The van der Waals surface area contributed by atoms with Gasteiger partial charge in [-0.25, -0.2) is 4.79 Å². The van der Waals surface area contributed by atoms with Crippen molar-refractivity contribution in [3.63, 3.8) is 0 Å². The minimum Gasteiger partial charge on any atom is -0.462 e. The standard InChI is InChI=1S/C26H21Cl2NO5S/c1-2-3-12-33-25(31)18-7-5-17(6-8-18)22-11-9-19(34-22)14-23-24(30)29(26(32)35-23)15-16-4-10-20(27)21(28)13-16/h4-11,13-14H,2-3,12,15H2,1H3/b23-14+. The summed E-state index contributed by atoms with van der Waals surface area (Å²) < 4.78 is 11.1. The average Bonchev–Trinajstić information content (AvgIpc) is 3.42. The van der Waals surface area contributed by atoms with Crippen LogP contribution >= 0.6 is 35.0 Å². The van der Waals surface area contributed by atoms with Gasteiger partial charge in [-0.15, -0.1) is 0 Å². The number of imide groups is 1. The van der Waals surface area contributed by atoms with Crippen LogP contribution in [0.25, 0.3) is 17.4 Å². The Hall–Kier alpha value is -3.00. The number of hydrogen-bond acceptors (Lipinski definition) is 6. The van der Waals surface area contributed by atoms with E-state index in [-0.39, 0.29) is 22.7 Å². The number of hydrogen-bond donors (Lipinski definition) is 0. The maximum atomic E-state index is 12.8. The van der Waals surface area contributed by atoms with Crippen molar-refractivity contribution in [2.75, 3.05) is 6.61 Å². The van der Waals surface area contributed by atoms with Crippen LogP contribution in [-0.2, 0) is 16.1 Å². The van der Waals surface area contributed by atoms with Crippen LogP contribution < -0.4 is 0 Å². The highest BCUT2D eigenvalue weighted by Crippen LogP contribution is 2.35. The smallest absolute Gasteiger partial charge is 0.338 e. The van der Waals surface area contributed by atoms with Gasteiger partial charge in [0.05, 0.1) is 33.7 Å². The molecule has 4 rings (SSSR count). The third kappa shape index (κ3) is 5.99. The van der Waals surface area contributed by atoms with Gasteiger partial charge in [0.1, 0.15) is 11.5 Å². The van der Waals surface area contributed by atoms with Gasteiger partial charge in [-0.2, -0.15) is 0 Å². The normalized spacial score (nSPS) is 14.7. The summed E-state index contributed by atoms with van der Waals surface area (Å²) in [4.78, 5) is 38.7. The molecule has 0 bridgehead atoms. The van der Waals surface area contributed by atoms with Gasteiger partial charge in [-0.1, -0.05) is 54.7 Å². The van der Waals surface area contributed by atoms with E-state index in [4.69, 9.17) is 32.4 Å². The molecular formula is C26H21Cl2NO5S. The highest BCUT2D eigenvalue weighted by atomic mass is 35.5. The summed E-state index contributed by atoms with van der Waals surface area (Å²) in [5.74, 6) is 0.233. The van der Waals surface area contributed by atoms with Crippen LogP contribution in [0.1, 0.15) is 41.4 Å². The molecule has 6 nitrogen and oxygen atoms in total. The summed E-state index contributed by atoms with van der Waals surface area (Å²) in [6.07, 6.45) is 3.33. The molecule has 0 saturated carbocycles. The van der Waals surface area contributed by atoms with Gasteiger partial charge in [0, 0.05) is 11.6 Å². The van der Waals surface area contributed by atoms with Gasteiger partial charge in [-0.3, -0.25) is 14.5 Å². The molecular weight excluding hydrogens is 509 g/mol. The Kier molecular flexibility index (Phi) is 8.00.